The van der Waals surface area contributed by atoms with Crippen LogP contribution in [-0.4, -0.2) is 21.5 Å². The minimum Gasteiger partial charge on any atom is -0.245 e. The van der Waals surface area contributed by atoms with Gasteiger partial charge in [-0.2, -0.15) is 12.6 Å². The van der Waals surface area contributed by atoms with Gasteiger partial charge in [0.05, 0.1) is 5.03 Å². The van der Waals surface area contributed by atoms with Crippen molar-refractivity contribution in [3.8, 4) is 0 Å². The molecule has 0 aromatic carbocycles. The van der Waals surface area contributed by atoms with E-state index in [1.807, 2.05) is 6.07 Å². The van der Waals surface area contributed by atoms with Crippen LogP contribution in [0.5, 0.6) is 0 Å². The molecule has 0 unspecified atom stereocenters. The third-order valence-corrected chi connectivity index (χ3v) is 2.95. The molecule has 1 aromatic heterocycles. The van der Waals surface area contributed by atoms with Crippen molar-refractivity contribution in [1.29, 1.82) is 0 Å². The Bertz CT molecular complexity index is 216. The number of hydrogen-bond acceptors (Lipinski definition) is 4. The lowest BCUT2D eigenvalue weighted by Gasteiger charge is -1.98. The topological polar surface area (TPSA) is 25.8 Å². The molecule has 0 radical (unpaired) electrons. The van der Waals surface area contributed by atoms with Gasteiger partial charge in [0, 0.05) is 6.20 Å². The Kier molecular flexibility index (Phi) is 6.02. The fraction of sp³-hybridized carbons (Fsp3) is 0.556. The van der Waals surface area contributed by atoms with E-state index in [9.17, 15) is 0 Å². The first-order valence-electron chi connectivity index (χ1n) is 4.43. The van der Waals surface area contributed by atoms with Crippen LogP contribution in [0, 0.1) is 0 Å². The summed E-state index contributed by atoms with van der Waals surface area (Å²) in [6, 6.07) is 1.95. The van der Waals surface area contributed by atoms with Crippen LogP contribution in [0.2, 0.25) is 0 Å². The number of thiol groups is 1. The maximum Gasteiger partial charge on any atom is 0.116 e. The van der Waals surface area contributed by atoms with Crippen LogP contribution in [0.15, 0.2) is 23.6 Å². The molecule has 0 N–H and O–H groups in total. The van der Waals surface area contributed by atoms with Gasteiger partial charge in [0.15, 0.2) is 0 Å². The van der Waals surface area contributed by atoms with E-state index in [0.717, 1.165) is 16.5 Å². The molecule has 72 valence electrons. The Balaban J connectivity index is 2.07. The average Bonchev–Trinajstić information content (AvgIpc) is 2.19. The largest absolute Gasteiger partial charge is 0.245 e. The summed E-state index contributed by atoms with van der Waals surface area (Å²) < 4.78 is 0. The van der Waals surface area contributed by atoms with Crippen LogP contribution >= 0.6 is 24.4 Å². The molecule has 0 saturated carbocycles. The maximum atomic E-state index is 4.17. The molecule has 0 fully saturated rings. The molecule has 1 aromatic rings. The summed E-state index contributed by atoms with van der Waals surface area (Å²) in [5.41, 5.74) is 0. The first kappa shape index (κ1) is 10.9. The number of rotatable bonds is 6. The molecule has 0 aliphatic rings. The van der Waals surface area contributed by atoms with Crippen molar-refractivity contribution in [2.75, 3.05) is 11.5 Å². The highest BCUT2D eigenvalue weighted by atomic mass is 32.2. The van der Waals surface area contributed by atoms with E-state index in [2.05, 4.69) is 22.6 Å². The third kappa shape index (κ3) is 5.16. The monoisotopic (exact) mass is 214 g/mol. The number of thioether (sulfide) groups is 1. The van der Waals surface area contributed by atoms with Crippen molar-refractivity contribution in [3.63, 3.8) is 0 Å². The van der Waals surface area contributed by atoms with Crippen molar-refractivity contribution < 1.29 is 0 Å². The van der Waals surface area contributed by atoms with E-state index >= 15 is 0 Å². The number of hydrogen-bond donors (Lipinski definition) is 1. The van der Waals surface area contributed by atoms with Crippen molar-refractivity contribution in [2.24, 2.45) is 0 Å². The molecule has 0 saturated heterocycles. The molecule has 1 heterocycles. The Morgan fingerprint density at radius 2 is 2.23 bits per heavy atom. The summed E-state index contributed by atoms with van der Waals surface area (Å²) in [5.74, 6) is 2.14. The molecule has 2 nitrogen and oxygen atoms in total. The zero-order valence-electron chi connectivity index (χ0n) is 7.52. The molecule has 0 amide bonds. The zero-order valence-corrected chi connectivity index (χ0v) is 9.23. The van der Waals surface area contributed by atoms with Crippen LogP contribution in [0.3, 0.4) is 0 Å². The summed E-state index contributed by atoms with van der Waals surface area (Å²) in [6.07, 6.45) is 7.10. The average molecular weight is 214 g/mol. The lowest BCUT2D eigenvalue weighted by atomic mass is 10.3. The van der Waals surface area contributed by atoms with Gasteiger partial charge in [-0.1, -0.05) is 6.42 Å². The van der Waals surface area contributed by atoms with Crippen LogP contribution in [-0.2, 0) is 0 Å². The summed E-state index contributed by atoms with van der Waals surface area (Å²) in [4.78, 5) is 8.00. The van der Waals surface area contributed by atoms with Crippen LogP contribution in [0.1, 0.15) is 19.3 Å². The second kappa shape index (κ2) is 7.21. The van der Waals surface area contributed by atoms with E-state index in [1.54, 1.807) is 24.3 Å². The molecule has 4 heteroatoms. The summed E-state index contributed by atoms with van der Waals surface area (Å²) in [5, 5.41) is 1.07. The molecular formula is C9H14N2S2. The van der Waals surface area contributed by atoms with Gasteiger partial charge >= 0.3 is 0 Å². The molecule has 0 bridgehead atoms. The summed E-state index contributed by atoms with van der Waals surface area (Å²) >= 11 is 5.96. The predicted octanol–water partition coefficient (Wildman–Crippen LogP) is 2.67. The van der Waals surface area contributed by atoms with Gasteiger partial charge in [-0.15, -0.1) is 11.8 Å². The smallest absolute Gasteiger partial charge is 0.116 e. The maximum absolute atomic E-state index is 4.17. The lowest BCUT2D eigenvalue weighted by molar-refractivity contribution is 0.786. The van der Waals surface area contributed by atoms with Crippen molar-refractivity contribution in [3.05, 3.63) is 18.6 Å². The SMILES string of the molecule is SCCCCCSc1ccncn1. The number of unbranched alkanes of at least 4 members (excludes halogenated alkanes) is 2. The minimum atomic E-state index is 0.998. The van der Waals surface area contributed by atoms with E-state index in [0.29, 0.717) is 0 Å². The first-order chi connectivity index (χ1) is 6.43. The quantitative estimate of drug-likeness (QED) is 0.341. The molecule has 0 spiro atoms. The van der Waals surface area contributed by atoms with E-state index < -0.39 is 0 Å². The lowest BCUT2D eigenvalue weighted by Crippen LogP contribution is -1.85. The van der Waals surface area contributed by atoms with Gasteiger partial charge < -0.3 is 0 Å². The van der Waals surface area contributed by atoms with Gasteiger partial charge in [-0.25, -0.2) is 9.97 Å². The molecule has 0 atom stereocenters. The molecule has 0 aliphatic heterocycles. The predicted molar refractivity (Wildman–Crippen MR) is 60.5 cm³/mol. The van der Waals surface area contributed by atoms with Gasteiger partial charge in [0.25, 0.3) is 0 Å². The standard InChI is InChI=1S/C9H14N2S2/c12-6-2-1-3-7-13-9-4-5-10-8-11-9/h4-5,8,12H,1-3,6-7H2. The number of nitrogens with zero attached hydrogens (tertiary/aromatic N) is 2. The highest BCUT2D eigenvalue weighted by Gasteiger charge is 1.93. The van der Waals surface area contributed by atoms with Crippen LogP contribution in [0.25, 0.3) is 0 Å². The van der Waals surface area contributed by atoms with Gasteiger partial charge in [0.2, 0.25) is 0 Å². The fourth-order valence-corrected chi connectivity index (χ4v) is 1.99. The third-order valence-electron chi connectivity index (χ3n) is 1.61. The van der Waals surface area contributed by atoms with Crippen molar-refractivity contribution in [1.82, 2.24) is 9.97 Å². The first-order valence-corrected chi connectivity index (χ1v) is 6.05. The molecular weight excluding hydrogens is 200 g/mol. The highest BCUT2D eigenvalue weighted by molar-refractivity contribution is 7.99. The highest BCUT2D eigenvalue weighted by Crippen LogP contribution is 2.15. The van der Waals surface area contributed by atoms with Crippen LogP contribution in [0.4, 0.5) is 0 Å². The van der Waals surface area contributed by atoms with E-state index in [4.69, 9.17) is 0 Å². The van der Waals surface area contributed by atoms with E-state index in [1.165, 1.54) is 19.3 Å². The second-order valence-electron chi connectivity index (χ2n) is 2.68. The number of aromatic nitrogens is 2. The fourth-order valence-electron chi connectivity index (χ4n) is 0.931. The minimum absolute atomic E-state index is 0.998. The summed E-state index contributed by atoms with van der Waals surface area (Å²) in [6.45, 7) is 0. The molecule has 13 heavy (non-hydrogen) atoms. The van der Waals surface area contributed by atoms with Gasteiger partial charge in [0.1, 0.15) is 6.33 Å². The zero-order chi connectivity index (χ0) is 9.36. The summed E-state index contributed by atoms with van der Waals surface area (Å²) in [7, 11) is 0. The Hall–Kier alpha value is -0.220. The molecule has 1 rings (SSSR count). The van der Waals surface area contributed by atoms with Crippen molar-refractivity contribution >= 4 is 24.4 Å². The van der Waals surface area contributed by atoms with Crippen molar-refractivity contribution in [2.45, 2.75) is 24.3 Å². The van der Waals surface area contributed by atoms with E-state index in [-0.39, 0.29) is 0 Å². The van der Waals surface area contributed by atoms with Crippen LogP contribution < -0.4 is 0 Å². The Morgan fingerprint density at radius 3 is 2.92 bits per heavy atom. The van der Waals surface area contributed by atoms with Gasteiger partial charge in [-0.05, 0) is 30.4 Å². The normalized spacial score (nSPS) is 10.2. The molecule has 0 aliphatic carbocycles. The second-order valence-corrected chi connectivity index (χ2v) is 4.24. The Morgan fingerprint density at radius 1 is 1.31 bits per heavy atom. The Labute approximate surface area is 89.0 Å². The van der Waals surface area contributed by atoms with Gasteiger partial charge in [-0.3, -0.25) is 0 Å².